The fourth-order valence-corrected chi connectivity index (χ4v) is 3.81. The highest BCUT2D eigenvalue weighted by atomic mass is 16.5. The standard InChI is InChI=1S/C28H28N2O3/c1-4-18-33-24-13-9-8-12-23(24)30-27(31)25(21-10-6-5-7-11-21)26(28(30)32)29-22-16-14-20(15-17-22)19(2)3/h5-17,19,29H,4,18H2,1-3H3. The number of hydrogen-bond acceptors (Lipinski definition) is 4. The van der Waals surface area contributed by atoms with E-state index in [0.717, 1.165) is 12.1 Å². The molecule has 5 heteroatoms. The lowest BCUT2D eigenvalue weighted by molar-refractivity contribution is -0.120. The monoisotopic (exact) mass is 440 g/mol. The summed E-state index contributed by atoms with van der Waals surface area (Å²) in [6, 6.07) is 24.4. The van der Waals surface area contributed by atoms with E-state index >= 15 is 0 Å². The van der Waals surface area contributed by atoms with E-state index in [0.29, 0.717) is 35.1 Å². The van der Waals surface area contributed by atoms with Crippen LogP contribution in [-0.2, 0) is 9.59 Å². The van der Waals surface area contributed by atoms with Crippen molar-refractivity contribution in [2.45, 2.75) is 33.1 Å². The highest BCUT2D eigenvalue weighted by Gasteiger charge is 2.41. The van der Waals surface area contributed by atoms with Gasteiger partial charge >= 0.3 is 0 Å². The zero-order valence-electron chi connectivity index (χ0n) is 19.2. The summed E-state index contributed by atoms with van der Waals surface area (Å²) in [5.41, 5.74) is 3.69. The second kappa shape index (κ2) is 9.74. The summed E-state index contributed by atoms with van der Waals surface area (Å²) in [6.45, 7) is 6.77. The molecule has 3 aromatic carbocycles. The Hall–Kier alpha value is -3.86. The van der Waals surface area contributed by atoms with Crippen LogP contribution in [0.1, 0.15) is 44.2 Å². The van der Waals surface area contributed by atoms with Gasteiger partial charge in [-0.25, -0.2) is 4.90 Å². The van der Waals surface area contributed by atoms with Crippen LogP contribution in [0, 0.1) is 0 Å². The van der Waals surface area contributed by atoms with Gasteiger partial charge in [-0.1, -0.05) is 75.4 Å². The minimum Gasteiger partial charge on any atom is -0.491 e. The molecule has 0 spiro atoms. The summed E-state index contributed by atoms with van der Waals surface area (Å²) >= 11 is 0. The summed E-state index contributed by atoms with van der Waals surface area (Å²) in [5, 5.41) is 3.22. The average Bonchev–Trinajstić information content (AvgIpc) is 3.07. The first kappa shape index (κ1) is 22.3. The molecular formula is C28H28N2O3. The van der Waals surface area contributed by atoms with Crippen molar-refractivity contribution in [3.05, 3.63) is 95.7 Å². The van der Waals surface area contributed by atoms with Gasteiger partial charge in [0.1, 0.15) is 11.4 Å². The zero-order valence-corrected chi connectivity index (χ0v) is 19.2. The first-order valence-corrected chi connectivity index (χ1v) is 11.3. The lowest BCUT2D eigenvalue weighted by Gasteiger charge is -2.19. The Morgan fingerprint density at radius 3 is 2.18 bits per heavy atom. The number of carbonyl (C=O) groups is 2. The van der Waals surface area contributed by atoms with Gasteiger partial charge in [0, 0.05) is 5.69 Å². The lowest BCUT2D eigenvalue weighted by Crippen LogP contribution is -2.32. The predicted octanol–water partition coefficient (Wildman–Crippen LogP) is 6.00. The molecule has 0 saturated carbocycles. The van der Waals surface area contributed by atoms with E-state index in [9.17, 15) is 9.59 Å². The lowest BCUT2D eigenvalue weighted by atomic mass is 10.0. The molecule has 0 bridgehead atoms. The van der Waals surface area contributed by atoms with E-state index in [1.165, 1.54) is 10.5 Å². The third-order valence-corrected chi connectivity index (χ3v) is 5.56. The van der Waals surface area contributed by atoms with E-state index in [4.69, 9.17) is 4.74 Å². The van der Waals surface area contributed by atoms with Crippen molar-refractivity contribution < 1.29 is 14.3 Å². The van der Waals surface area contributed by atoms with Gasteiger partial charge in [-0.3, -0.25) is 9.59 Å². The number of rotatable bonds is 8. The molecule has 0 radical (unpaired) electrons. The largest absolute Gasteiger partial charge is 0.491 e. The molecule has 0 aliphatic carbocycles. The number of anilines is 2. The third kappa shape index (κ3) is 4.53. The van der Waals surface area contributed by atoms with Crippen LogP contribution in [0.5, 0.6) is 5.75 Å². The van der Waals surface area contributed by atoms with Crippen molar-refractivity contribution in [2.75, 3.05) is 16.8 Å². The maximum atomic E-state index is 13.6. The second-order valence-electron chi connectivity index (χ2n) is 8.28. The summed E-state index contributed by atoms with van der Waals surface area (Å²) in [4.78, 5) is 28.5. The number of imide groups is 1. The minimum absolute atomic E-state index is 0.258. The summed E-state index contributed by atoms with van der Waals surface area (Å²) in [5.74, 6) is 0.137. The van der Waals surface area contributed by atoms with E-state index in [1.54, 1.807) is 18.2 Å². The van der Waals surface area contributed by atoms with Gasteiger partial charge in [-0.2, -0.15) is 0 Å². The minimum atomic E-state index is -0.403. The van der Waals surface area contributed by atoms with E-state index < -0.39 is 5.91 Å². The Morgan fingerprint density at radius 2 is 1.52 bits per heavy atom. The quantitative estimate of drug-likeness (QED) is 0.437. The Morgan fingerprint density at radius 1 is 0.848 bits per heavy atom. The molecule has 0 fully saturated rings. The van der Waals surface area contributed by atoms with Crippen molar-refractivity contribution in [2.24, 2.45) is 0 Å². The summed E-state index contributed by atoms with van der Waals surface area (Å²) in [7, 11) is 0. The number of nitrogens with zero attached hydrogens (tertiary/aromatic N) is 1. The molecule has 2 amide bonds. The Labute approximate surface area is 194 Å². The SMILES string of the molecule is CCCOc1ccccc1N1C(=O)C(Nc2ccc(C(C)C)cc2)=C(c2ccccc2)C1=O. The van der Waals surface area contributed by atoms with Gasteiger partial charge in [0.05, 0.1) is 17.9 Å². The van der Waals surface area contributed by atoms with Crippen LogP contribution < -0.4 is 15.0 Å². The normalized spacial score (nSPS) is 13.8. The maximum Gasteiger partial charge on any atom is 0.282 e. The number of hydrogen-bond donors (Lipinski definition) is 1. The zero-order chi connectivity index (χ0) is 23.4. The second-order valence-corrected chi connectivity index (χ2v) is 8.28. The number of para-hydroxylation sites is 2. The average molecular weight is 441 g/mol. The Balaban J connectivity index is 1.76. The van der Waals surface area contributed by atoms with Gasteiger partial charge in [0.25, 0.3) is 11.8 Å². The highest BCUT2D eigenvalue weighted by Crippen LogP contribution is 2.38. The number of ether oxygens (including phenoxy) is 1. The van der Waals surface area contributed by atoms with E-state index in [2.05, 4.69) is 19.2 Å². The first-order chi connectivity index (χ1) is 16.0. The van der Waals surface area contributed by atoms with Gasteiger partial charge in [-0.15, -0.1) is 0 Å². The van der Waals surface area contributed by atoms with Gasteiger partial charge < -0.3 is 10.1 Å². The smallest absolute Gasteiger partial charge is 0.282 e. The molecule has 0 aromatic heterocycles. The molecule has 4 rings (SSSR count). The van der Waals surface area contributed by atoms with Crippen LogP contribution in [0.2, 0.25) is 0 Å². The fourth-order valence-electron chi connectivity index (χ4n) is 3.81. The number of carbonyl (C=O) groups excluding carboxylic acids is 2. The number of amides is 2. The van der Waals surface area contributed by atoms with Gasteiger partial charge in [0.15, 0.2) is 0 Å². The van der Waals surface area contributed by atoms with Crippen LogP contribution in [-0.4, -0.2) is 18.4 Å². The predicted molar refractivity (Wildman–Crippen MR) is 132 cm³/mol. The Bertz CT molecular complexity index is 1180. The van der Waals surface area contributed by atoms with Crippen LogP contribution in [0.3, 0.4) is 0 Å². The summed E-state index contributed by atoms with van der Waals surface area (Å²) in [6.07, 6.45) is 0.822. The van der Waals surface area contributed by atoms with Crippen molar-refractivity contribution >= 4 is 28.8 Å². The molecule has 3 aromatic rings. The number of benzene rings is 3. The highest BCUT2D eigenvalue weighted by molar-refractivity contribution is 6.46. The van der Waals surface area contributed by atoms with Crippen molar-refractivity contribution in [1.29, 1.82) is 0 Å². The van der Waals surface area contributed by atoms with Crippen molar-refractivity contribution in [3.8, 4) is 5.75 Å². The van der Waals surface area contributed by atoms with Crippen LogP contribution in [0.15, 0.2) is 84.6 Å². The van der Waals surface area contributed by atoms with Crippen LogP contribution in [0.4, 0.5) is 11.4 Å². The first-order valence-electron chi connectivity index (χ1n) is 11.3. The van der Waals surface area contributed by atoms with Gasteiger partial charge in [0.2, 0.25) is 0 Å². The third-order valence-electron chi connectivity index (χ3n) is 5.56. The molecule has 33 heavy (non-hydrogen) atoms. The molecule has 0 unspecified atom stereocenters. The summed E-state index contributed by atoms with van der Waals surface area (Å²) < 4.78 is 5.84. The van der Waals surface area contributed by atoms with E-state index in [-0.39, 0.29) is 11.6 Å². The molecule has 0 atom stereocenters. The van der Waals surface area contributed by atoms with Crippen molar-refractivity contribution in [1.82, 2.24) is 0 Å². The number of nitrogens with one attached hydrogen (secondary N) is 1. The molecule has 1 heterocycles. The fraction of sp³-hybridized carbons (Fsp3) is 0.214. The van der Waals surface area contributed by atoms with Gasteiger partial charge in [-0.05, 0) is 47.7 Å². The molecule has 1 N–H and O–H groups in total. The molecular weight excluding hydrogens is 412 g/mol. The van der Waals surface area contributed by atoms with Crippen molar-refractivity contribution in [3.63, 3.8) is 0 Å². The topological polar surface area (TPSA) is 58.6 Å². The molecule has 1 aliphatic heterocycles. The Kier molecular flexibility index (Phi) is 6.59. The van der Waals surface area contributed by atoms with E-state index in [1.807, 2.05) is 67.6 Å². The van der Waals surface area contributed by atoms with Crippen LogP contribution in [0.25, 0.3) is 5.57 Å². The van der Waals surface area contributed by atoms with Crippen LogP contribution >= 0.6 is 0 Å². The molecule has 168 valence electrons. The molecule has 0 saturated heterocycles. The molecule has 1 aliphatic rings. The maximum absolute atomic E-state index is 13.6. The molecule has 5 nitrogen and oxygen atoms in total.